The van der Waals surface area contributed by atoms with Crippen LogP contribution in [0, 0.1) is 0 Å². The summed E-state index contributed by atoms with van der Waals surface area (Å²) in [6.07, 6.45) is 4.95. The third-order valence-electron chi connectivity index (χ3n) is 3.40. The number of aromatic nitrogens is 5. The Morgan fingerprint density at radius 2 is 2.11 bits per heavy atom. The summed E-state index contributed by atoms with van der Waals surface area (Å²) in [4.78, 5) is 8.34. The largest absolute Gasteiger partial charge is 0.334 e. The fraction of sp³-hybridized carbons (Fsp3) is 0.231. The van der Waals surface area contributed by atoms with Crippen LogP contribution in [-0.4, -0.2) is 25.3 Å². The second-order valence-electron chi connectivity index (χ2n) is 4.59. The Morgan fingerprint density at radius 1 is 1.16 bits per heavy atom. The van der Waals surface area contributed by atoms with Crippen LogP contribution in [0.4, 0.5) is 0 Å². The van der Waals surface area contributed by atoms with Gasteiger partial charge in [-0.05, 0) is 42.5 Å². The van der Waals surface area contributed by atoms with Crippen LogP contribution in [0.15, 0.2) is 29.0 Å². The number of nitrogens with one attached hydrogen (secondary N) is 1. The molecule has 0 unspecified atom stereocenters. The van der Waals surface area contributed by atoms with Crippen LogP contribution in [0.5, 0.6) is 0 Å². The van der Waals surface area contributed by atoms with Gasteiger partial charge < -0.3 is 4.52 Å². The Hall–Kier alpha value is -2.50. The van der Waals surface area contributed by atoms with Crippen LogP contribution in [0.3, 0.4) is 0 Å². The topological polar surface area (TPSA) is 80.5 Å². The molecule has 94 valence electrons. The monoisotopic (exact) mass is 253 g/mol. The molecule has 19 heavy (non-hydrogen) atoms. The number of hydrogen-bond donors (Lipinski definition) is 1. The number of H-pyrrole nitrogens is 1. The van der Waals surface area contributed by atoms with Gasteiger partial charge in [0.1, 0.15) is 6.33 Å². The molecule has 0 spiro atoms. The Morgan fingerprint density at radius 3 is 3.00 bits per heavy atom. The predicted molar refractivity (Wildman–Crippen MR) is 67.1 cm³/mol. The zero-order chi connectivity index (χ0) is 12.7. The second kappa shape index (κ2) is 4.01. The summed E-state index contributed by atoms with van der Waals surface area (Å²) in [5.74, 6) is 1.45. The second-order valence-corrected chi connectivity index (χ2v) is 4.59. The van der Waals surface area contributed by atoms with Gasteiger partial charge in [0.25, 0.3) is 5.89 Å². The summed E-state index contributed by atoms with van der Waals surface area (Å²) in [5.41, 5.74) is 3.77. The van der Waals surface area contributed by atoms with Crippen molar-refractivity contribution in [3.05, 3.63) is 35.7 Å². The molecule has 2 heterocycles. The lowest BCUT2D eigenvalue weighted by Gasteiger charge is -2.00. The molecule has 2 aromatic heterocycles. The van der Waals surface area contributed by atoms with Gasteiger partial charge in [-0.15, -0.1) is 0 Å². The van der Waals surface area contributed by atoms with Crippen LogP contribution < -0.4 is 0 Å². The molecule has 1 aliphatic rings. The van der Waals surface area contributed by atoms with Crippen molar-refractivity contribution in [1.82, 2.24) is 25.3 Å². The lowest BCUT2D eigenvalue weighted by molar-refractivity contribution is 0.432. The van der Waals surface area contributed by atoms with Gasteiger partial charge in [0.05, 0.1) is 0 Å². The van der Waals surface area contributed by atoms with E-state index in [9.17, 15) is 0 Å². The molecule has 0 fully saturated rings. The van der Waals surface area contributed by atoms with Gasteiger partial charge in [-0.3, -0.25) is 5.10 Å². The minimum absolute atomic E-state index is 0.424. The molecular formula is C13H11N5O. The predicted octanol–water partition coefficient (Wildman–Crippen LogP) is 2.01. The standard InChI is InChI=1S/C13H11N5O/c1-2-8-4-5-10(6-9(8)3-1)13-16-12(18-19-13)11-14-7-15-17-11/h4-7H,1-3H2,(H,14,15,17). The molecular weight excluding hydrogens is 242 g/mol. The van der Waals surface area contributed by atoms with Gasteiger partial charge in [0, 0.05) is 5.56 Å². The van der Waals surface area contributed by atoms with Crippen molar-refractivity contribution in [2.75, 3.05) is 0 Å². The first kappa shape index (κ1) is 10.4. The van der Waals surface area contributed by atoms with Crippen molar-refractivity contribution in [3.8, 4) is 23.1 Å². The van der Waals surface area contributed by atoms with Gasteiger partial charge in [0.15, 0.2) is 5.82 Å². The number of aromatic amines is 1. The summed E-state index contributed by atoms with van der Waals surface area (Å²) in [6.45, 7) is 0. The van der Waals surface area contributed by atoms with E-state index in [1.807, 2.05) is 6.07 Å². The van der Waals surface area contributed by atoms with E-state index in [4.69, 9.17) is 4.52 Å². The van der Waals surface area contributed by atoms with Crippen LogP contribution in [0.25, 0.3) is 23.1 Å². The van der Waals surface area contributed by atoms with Crippen LogP contribution >= 0.6 is 0 Å². The molecule has 0 radical (unpaired) electrons. The number of rotatable bonds is 2. The molecule has 1 aliphatic carbocycles. The van der Waals surface area contributed by atoms with Gasteiger partial charge in [-0.2, -0.15) is 10.1 Å². The van der Waals surface area contributed by atoms with Gasteiger partial charge in [0.2, 0.25) is 5.82 Å². The first-order chi connectivity index (χ1) is 9.40. The van der Waals surface area contributed by atoms with E-state index in [0.29, 0.717) is 17.5 Å². The van der Waals surface area contributed by atoms with Crippen molar-refractivity contribution in [1.29, 1.82) is 0 Å². The Labute approximate surface area is 108 Å². The Bertz CT molecular complexity index is 716. The summed E-state index contributed by atoms with van der Waals surface area (Å²) < 4.78 is 5.29. The fourth-order valence-electron chi connectivity index (χ4n) is 2.45. The lowest BCUT2D eigenvalue weighted by Crippen LogP contribution is -1.86. The van der Waals surface area contributed by atoms with Gasteiger partial charge >= 0.3 is 0 Å². The highest BCUT2D eigenvalue weighted by Crippen LogP contribution is 2.27. The molecule has 6 heteroatoms. The number of aryl methyl sites for hydroxylation is 2. The highest BCUT2D eigenvalue weighted by Gasteiger charge is 2.16. The quantitative estimate of drug-likeness (QED) is 0.755. The molecule has 1 aromatic carbocycles. The normalized spacial score (nSPS) is 13.7. The van der Waals surface area contributed by atoms with Crippen LogP contribution in [0.2, 0.25) is 0 Å². The molecule has 0 aliphatic heterocycles. The minimum Gasteiger partial charge on any atom is -0.334 e. The zero-order valence-corrected chi connectivity index (χ0v) is 10.1. The summed E-state index contributed by atoms with van der Waals surface area (Å²) in [7, 11) is 0. The van der Waals surface area contributed by atoms with Crippen molar-refractivity contribution in [3.63, 3.8) is 0 Å². The number of hydrogen-bond acceptors (Lipinski definition) is 5. The van der Waals surface area contributed by atoms with E-state index >= 15 is 0 Å². The molecule has 0 bridgehead atoms. The van der Waals surface area contributed by atoms with Crippen molar-refractivity contribution < 1.29 is 4.52 Å². The molecule has 3 aromatic rings. The first-order valence-corrected chi connectivity index (χ1v) is 6.22. The van der Waals surface area contributed by atoms with E-state index in [1.54, 1.807) is 0 Å². The third-order valence-corrected chi connectivity index (χ3v) is 3.40. The van der Waals surface area contributed by atoms with Crippen molar-refractivity contribution in [2.24, 2.45) is 0 Å². The fourth-order valence-corrected chi connectivity index (χ4v) is 2.45. The van der Waals surface area contributed by atoms with Crippen molar-refractivity contribution in [2.45, 2.75) is 19.3 Å². The van der Waals surface area contributed by atoms with Gasteiger partial charge in [-0.25, -0.2) is 4.98 Å². The minimum atomic E-state index is 0.424. The average Bonchev–Trinajstić information content (AvgIpc) is 3.18. The van der Waals surface area contributed by atoms with E-state index in [-0.39, 0.29) is 0 Å². The van der Waals surface area contributed by atoms with Crippen LogP contribution in [0.1, 0.15) is 17.5 Å². The smallest absolute Gasteiger partial charge is 0.258 e. The van der Waals surface area contributed by atoms with E-state index in [1.165, 1.54) is 30.3 Å². The molecule has 1 N–H and O–H groups in total. The first-order valence-electron chi connectivity index (χ1n) is 6.22. The summed E-state index contributed by atoms with van der Waals surface area (Å²) in [5, 5.41) is 10.4. The number of fused-ring (bicyclic) bond motifs is 1. The number of benzene rings is 1. The molecule has 0 saturated carbocycles. The molecule has 0 atom stereocenters. The molecule has 6 nitrogen and oxygen atoms in total. The maximum Gasteiger partial charge on any atom is 0.258 e. The van der Waals surface area contributed by atoms with Crippen LogP contribution in [-0.2, 0) is 12.8 Å². The van der Waals surface area contributed by atoms with E-state index in [0.717, 1.165) is 12.0 Å². The summed E-state index contributed by atoms with van der Waals surface area (Å²) >= 11 is 0. The Balaban J connectivity index is 1.73. The summed E-state index contributed by atoms with van der Waals surface area (Å²) in [6, 6.07) is 6.32. The average molecular weight is 253 g/mol. The highest BCUT2D eigenvalue weighted by atomic mass is 16.5. The van der Waals surface area contributed by atoms with E-state index in [2.05, 4.69) is 37.5 Å². The maximum atomic E-state index is 5.29. The molecule has 0 saturated heterocycles. The van der Waals surface area contributed by atoms with E-state index < -0.39 is 0 Å². The molecule has 4 rings (SSSR count). The lowest BCUT2D eigenvalue weighted by atomic mass is 10.1. The Kier molecular flexibility index (Phi) is 2.20. The SMILES string of the molecule is c1n[nH]c(-c2noc(-c3ccc4c(c3)CCC4)n2)n1. The highest BCUT2D eigenvalue weighted by molar-refractivity contribution is 5.58. The zero-order valence-electron chi connectivity index (χ0n) is 10.1. The third kappa shape index (κ3) is 1.72. The number of nitrogens with zero attached hydrogens (tertiary/aromatic N) is 4. The van der Waals surface area contributed by atoms with Gasteiger partial charge in [-0.1, -0.05) is 11.2 Å². The van der Waals surface area contributed by atoms with Crippen molar-refractivity contribution >= 4 is 0 Å². The maximum absolute atomic E-state index is 5.29. The molecule has 0 amide bonds.